The van der Waals surface area contributed by atoms with E-state index in [9.17, 15) is 4.79 Å². The van der Waals surface area contributed by atoms with Crippen molar-refractivity contribution in [2.75, 3.05) is 19.4 Å². The van der Waals surface area contributed by atoms with Crippen LogP contribution >= 0.6 is 34.7 Å². The van der Waals surface area contributed by atoms with Crippen molar-refractivity contribution in [3.8, 4) is 0 Å². The van der Waals surface area contributed by atoms with E-state index < -0.39 is 0 Å². The Hall–Kier alpha value is -0.230. The highest BCUT2D eigenvalue weighted by Crippen LogP contribution is 2.30. The Balaban J connectivity index is 1.70. The normalized spacial score (nSPS) is 17.3. The van der Waals surface area contributed by atoms with Crippen LogP contribution in [-0.2, 0) is 9.53 Å². The summed E-state index contributed by atoms with van der Waals surface area (Å²) in [5, 5.41) is 3.62. The highest BCUT2D eigenvalue weighted by Gasteiger charge is 2.18. The summed E-state index contributed by atoms with van der Waals surface area (Å²) in [5.74, 6) is 0.637. The molecule has 0 bridgehead atoms. The van der Waals surface area contributed by atoms with Crippen molar-refractivity contribution in [3.63, 3.8) is 0 Å². The van der Waals surface area contributed by atoms with Gasteiger partial charge in [-0.15, -0.1) is 23.1 Å². The van der Waals surface area contributed by atoms with E-state index in [0.29, 0.717) is 17.5 Å². The lowest BCUT2D eigenvalue weighted by atomic mass is 10.3. The van der Waals surface area contributed by atoms with Gasteiger partial charge in [-0.2, -0.15) is 0 Å². The van der Waals surface area contributed by atoms with Gasteiger partial charge in [0.1, 0.15) is 6.10 Å². The van der Waals surface area contributed by atoms with Crippen LogP contribution in [0.4, 0.5) is 0 Å². The molecular formula is C14H20ClNO2S2. The van der Waals surface area contributed by atoms with Crippen LogP contribution in [0.15, 0.2) is 12.1 Å². The maximum atomic E-state index is 11.8. The first-order chi connectivity index (χ1) is 9.69. The largest absolute Gasteiger partial charge is 0.374 e. The third-order valence-corrected chi connectivity index (χ3v) is 6.13. The summed E-state index contributed by atoms with van der Waals surface area (Å²) in [5.41, 5.74) is 0. The average Bonchev–Trinajstić information content (AvgIpc) is 3.09. The molecule has 1 heterocycles. The summed E-state index contributed by atoms with van der Waals surface area (Å²) in [6.45, 7) is 0.497. The van der Waals surface area contributed by atoms with Crippen LogP contribution in [0, 0.1) is 0 Å². The van der Waals surface area contributed by atoms with Crippen LogP contribution in [0.25, 0.3) is 0 Å². The predicted molar refractivity (Wildman–Crippen MR) is 86.8 cm³/mol. The lowest BCUT2D eigenvalue weighted by molar-refractivity contribution is -0.119. The molecular weight excluding hydrogens is 314 g/mol. The molecule has 1 fully saturated rings. The van der Waals surface area contributed by atoms with Crippen molar-refractivity contribution in [1.29, 1.82) is 0 Å². The second-order valence-corrected chi connectivity index (χ2v) is 7.92. The van der Waals surface area contributed by atoms with E-state index in [-0.39, 0.29) is 12.0 Å². The lowest BCUT2D eigenvalue weighted by Crippen LogP contribution is -2.30. The van der Waals surface area contributed by atoms with Crippen molar-refractivity contribution in [2.24, 2.45) is 0 Å². The fourth-order valence-electron chi connectivity index (χ4n) is 2.31. The van der Waals surface area contributed by atoms with Gasteiger partial charge < -0.3 is 10.1 Å². The van der Waals surface area contributed by atoms with Crippen molar-refractivity contribution < 1.29 is 9.53 Å². The molecule has 1 saturated carbocycles. The van der Waals surface area contributed by atoms with Crippen LogP contribution in [0.5, 0.6) is 0 Å². The molecule has 2 rings (SSSR count). The van der Waals surface area contributed by atoms with Crippen molar-refractivity contribution in [3.05, 3.63) is 21.3 Å². The summed E-state index contributed by atoms with van der Waals surface area (Å²) in [6, 6.07) is 3.80. The Labute approximate surface area is 133 Å². The zero-order chi connectivity index (χ0) is 14.4. The fraction of sp³-hybridized carbons (Fsp3) is 0.643. The molecule has 0 unspecified atom stereocenters. The molecule has 3 nitrogen and oxygen atoms in total. The van der Waals surface area contributed by atoms with Gasteiger partial charge in [0.2, 0.25) is 5.91 Å². The minimum Gasteiger partial charge on any atom is -0.374 e. The third-order valence-electron chi connectivity index (χ3n) is 3.43. The Bertz CT molecular complexity index is 433. The topological polar surface area (TPSA) is 38.3 Å². The zero-order valence-electron chi connectivity index (χ0n) is 11.6. The van der Waals surface area contributed by atoms with Gasteiger partial charge in [-0.1, -0.05) is 24.4 Å². The summed E-state index contributed by atoms with van der Waals surface area (Å²) < 4.78 is 6.15. The Morgan fingerprint density at radius 3 is 2.90 bits per heavy atom. The number of halogens is 1. The van der Waals surface area contributed by atoms with Gasteiger partial charge in [0, 0.05) is 23.8 Å². The molecule has 0 aliphatic heterocycles. The van der Waals surface area contributed by atoms with Gasteiger partial charge >= 0.3 is 0 Å². The number of ether oxygens (including phenoxy) is 1. The Morgan fingerprint density at radius 1 is 1.55 bits per heavy atom. The minimum atomic E-state index is -0.118. The van der Waals surface area contributed by atoms with Gasteiger partial charge in [0.05, 0.1) is 10.1 Å². The van der Waals surface area contributed by atoms with E-state index in [0.717, 1.165) is 9.21 Å². The van der Waals surface area contributed by atoms with E-state index in [4.69, 9.17) is 16.3 Å². The maximum Gasteiger partial charge on any atom is 0.230 e. The number of carbonyl (C=O) groups is 1. The zero-order valence-corrected chi connectivity index (χ0v) is 14.0. The second-order valence-electron chi connectivity index (χ2n) is 4.89. The molecule has 1 aliphatic carbocycles. The molecule has 0 aromatic carbocycles. The summed E-state index contributed by atoms with van der Waals surface area (Å²) in [4.78, 5) is 12.9. The number of thiophene rings is 1. The van der Waals surface area contributed by atoms with Gasteiger partial charge in [-0.25, -0.2) is 0 Å². The molecule has 20 heavy (non-hydrogen) atoms. The molecule has 112 valence electrons. The Kier molecular flexibility index (Phi) is 6.68. The number of rotatable bonds is 7. The SMILES string of the molecule is CO[C@H](CNC(=O)CSC1CCCC1)c1ccc(Cl)s1. The summed E-state index contributed by atoms with van der Waals surface area (Å²) in [6.07, 6.45) is 5.01. The number of hydrogen-bond donors (Lipinski definition) is 1. The summed E-state index contributed by atoms with van der Waals surface area (Å²) >= 11 is 9.19. The standard InChI is InChI=1S/C14H20ClNO2S2/c1-18-11(12-6-7-13(15)20-12)8-16-14(17)9-19-10-4-2-3-5-10/h6-7,10-11H,2-5,8-9H2,1H3,(H,16,17)/t11-/m1/s1. The highest BCUT2D eigenvalue weighted by molar-refractivity contribution is 8.00. The van der Waals surface area contributed by atoms with E-state index in [1.807, 2.05) is 12.1 Å². The second kappa shape index (κ2) is 8.27. The quantitative estimate of drug-likeness (QED) is 0.823. The lowest BCUT2D eigenvalue weighted by Gasteiger charge is -2.15. The molecule has 0 saturated heterocycles. The number of hydrogen-bond acceptors (Lipinski definition) is 4. The van der Waals surface area contributed by atoms with Crippen molar-refractivity contribution in [1.82, 2.24) is 5.32 Å². The van der Waals surface area contributed by atoms with Crippen LogP contribution in [-0.4, -0.2) is 30.6 Å². The first-order valence-electron chi connectivity index (χ1n) is 6.85. The monoisotopic (exact) mass is 333 g/mol. The highest BCUT2D eigenvalue weighted by atomic mass is 35.5. The Morgan fingerprint density at radius 2 is 2.30 bits per heavy atom. The first-order valence-corrected chi connectivity index (χ1v) is 9.09. The summed E-state index contributed by atoms with van der Waals surface area (Å²) in [7, 11) is 1.65. The van der Waals surface area contributed by atoms with Gasteiger partial charge in [0.25, 0.3) is 0 Å². The molecule has 0 spiro atoms. The molecule has 1 amide bonds. The van der Waals surface area contributed by atoms with E-state index >= 15 is 0 Å². The average molecular weight is 334 g/mol. The molecule has 1 aliphatic rings. The fourth-order valence-corrected chi connectivity index (χ4v) is 4.60. The van der Waals surface area contributed by atoms with Gasteiger partial charge in [-0.3, -0.25) is 4.79 Å². The first kappa shape index (κ1) is 16.1. The molecule has 6 heteroatoms. The van der Waals surface area contributed by atoms with Gasteiger partial charge in [-0.05, 0) is 25.0 Å². The molecule has 1 aromatic rings. The number of thioether (sulfide) groups is 1. The number of nitrogens with one attached hydrogen (secondary N) is 1. The molecule has 1 N–H and O–H groups in total. The van der Waals surface area contributed by atoms with Gasteiger partial charge in [0.15, 0.2) is 0 Å². The number of carbonyl (C=O) groups excluding carboxylic acids is 1. The van der Waals surface area contributed by atoms with E-state index in [1.54, 1.807) is 18.9 Å². The maximum absolute atomic E-state index is 11.8. The molecule has 1 atom stereocenters. The van der Waals surface area contributed by atoms with E-state index in [1.165, 1.54) is 37.0 Å². The minimum absolute atomic E-state index is 0.0894. The van der Waals surface area contributed by atoms with Crippen LogP contribution in [0.1, 0.15) is 36.7 Å². The van der Waals surface area contributed by atoms with Crippen LogP contribution in [0.2, 0.25) is 4.34 Å². The van der Waals surface area contributed by atoms with Crippen LogP contribution in [0.3, 0.4) is 0 Å². The molecule has 0 radical (unpaired) electrons. The van der Waals surface area contributed by atoms with Crippen LogP contribution < -0.4 is 5.32 Å². The number of methoxy groups -OCH3 is 1. The van der Waals surface area contributed by atoms with Crippen molar-refractivity contribution in [2.45, 2.75) is 37.0 Å². The predicted octanol–water partition coefficient (Wildman–Crippen LogP) is 3.88. The smallest absolute Gasteiger partial charge is 0.230 e. The molecule has 1 aromatic heterocycles. The van der Waals surface area contributed by atoms with E-state index in [2.05, 4.69) is 5.32 Å². The van der Waals surface area contributed by atoms with Crippen molar-refractivity contribution >= 4 is 40.6 Å². The number of amides is 1. The third kappa shape index (κ3) is 4.95.